The first kappa shape index (κ1) is 13.0. The normalized spacial score (nSPS) is 10.2. The maximum atomic E-state index is 5.16. The van der Waals surface area contributed by atoms with Gasteiger partial charge < -0.3 is 10.6 Å². The summed E-state index contributed by atoms with van der Waals surface area (Å²) in [5.74, 6) is 0. The smallest absolute Gasteiger partial charge is 0.166 e. The summed E-state index contributed by atoms with van der Waals surface area (Å²) in [5.41, 5.74) is 2.35. The van der Waals surface area contributed by atoms with Crippen molar-refractivity contribution in [2.45, 2.75) is 33.2 Å². The van der Waals surface area contributed by atoms with E-state index in [0.29, 0.717) is 5.11 Å². The van der Waals surface area contributed by atoms with Crippen molar-refractivity contribution in [1.29, 1.82) is 0 Å². The van der Waals surface area contributed by atoms with Gasteiger partial charge in [0, 0.05) is 31.9 Å². The molecule has 0 bridgehead atoms. The molecule has 16 heavy (non-hydrogen) atoms. The second kappa shape index (κ2) is 6.48. The van der Waals surface area contributed by atoms with Gasteiger partial charge >= 0.3 is 0 Å². The molecule has 0 aliphatic carbocycles. The predicted molar refractivity (Wildman–Crippen MR) is 70.3 cm³/mol. The second-order valence-corrected chi connectivity index (χ2v) is 4.15. The fourth-order valence-electron chi connectivity index (χ4n) is 1.51. The summed E-state index contributed by atoms with van der Waals surface area (Å²) in [6, 6.07) is 0. The number of rotatable bonds is 5. The summed E-state index contributed by atoms with van der Waals surface area (Å²) in [4.78, 5) is 0. The van der Waals surface area contributed by atoms with Crippen LogP contribution in [0.5, 0.6) is 0 Å². The molecule has 1 aromatic heterocycles. The Kier molecular flexibility index (Phi) is 5.25. The molecule has 0 unspecified atom stereocenters. The molecule has 0 radical (unpaired) electrons. The summed E-state index contributed by atoms with van der Waals surface area (Å²) in [6.07, 6.45) is 4.07. The maximum absolute atomic E-state index is 5.16. The third-order valence-electron chi connectivity index (χ3n) is 2.30. The van der Waals surface area contributed by atoms with Gasteiger partial charge in [0.1, 0.15) is 0 Å². The maximum Gasteiger partial charge on any atom is 0.166 e. The standard InChI is InChI=1S/C11H20N4S/c1-4-6-12-11(16)13-7-9-8-15(3)14-10(9)5-2/h8H,4-7H2,1-3H3,(H2,12,13,16). The van der Waals surface area contributed by atoms with Crippen LogP contribution >= 0.6 is 12.2 Å². The molecule has 0 saturated carbocycles. The molecule has 0 spiro atoms. The highest BCUT2D eigenvalue weighted by Crippen LogP contribution is 2.06. The lowest BCUT2D eigenvalue weighted by molar-refractivity contribution is 0.746. The molecule has 0 saturated heterocycles. The lowest BCUT2D eigenvalue weighted by Crippen LogP contribution is -2.35. The Morgan fingerprint density at radius 3 is 2.81 bits per heavy atom. The summed E-state index contributed by atoms with van der Waals surface area (Å²) in [5, 5.41) is 11.4. The van der Waals surface area contributed by atoms with Crippen molar-refractivity contribution >= 4 is 17.3 Å². The Morgan fingerprint density at radius 1 is 1.44 bits per heavy atom. The van der Waals surface area contributed by atoms with Crippen molar-refractivity contribution in [2.24, 2.45) is 7.05 Å². The van der Waals surface area contributed by atoms with E-state index in [0.717, 1.165) is 31.6 Å². The molecule has 1 aromatic rings. The topological polar surface area (TPSA) is 41.9 Å². The van der Waals surface area contributed by atoms with E-state index in [1.54, 1.807) is 0 Å². The molecular weight excluding hydrogens is 220 g/mol. The van der Waals surface area contributed by atoms with E-state index in [9.17, 15) is 0 Å². The van der Waals surface area contributed by atoms with Gasteiger partial charge in [0.25, 0.3) is 0 Å². The van der Waals surface area contributed by atoms with Crippen LogP contribution in [0.15, 0.2) is 6.20 Å². The second-order valence-electron chi connectivity index (χ2n) is 3.74. The van der Waals surface area contributed by atoms with Gasteiger partial charge in [-0.05, 0) is 25.1 Å². The van der Waals surface area contributed by atoms with Gasteiger partial charge in [-0.3, -0.25) is 4.68 Å². The van der Waals surface area contributed by atoms with Crippen molar-refractivity contribution in [2.75, 3.05) is 6.54 Å². The van der Waals surface area contributed by atoms with E-state index in [2.05, 4.69) is 29.6 Å². The van der Waals surface area contributed by atoms with Crippen molar-refractivity contribution in [3.8, 4) is 0 Å². The summed E-state index contributed by atoms with van der Waals surface area (Å²) < 4.78 is 1.85. The first-order chi connectivity index (χ1) is 7.67. The minimum Gasteiger partial charge on any atom is -0.363 e. The third kappa shape index (κ3) is 3.81. The Bertz CT molecular complexity index is 346. The molecule has 0 aliphatic rings. The van der Waals surface area contributed by atoms with Crippen LogP contribution in [0, 0.1) is 0 Å². The minimum absolute atomic E-state index is 0.716. The van der Waals surface area contributed by atoms with E-state index in [4.69, 9.17) is 12.2 Å². The van der Waals surface area contributed by atoms with Crippen LogP contribution in [0.2, 0.25) is 0 Å². The molecule has 0 aromatic carbocycles. The zero-order valence-corrected chi connectivity index (χ0v) is 11.0. The van der Waals surface area contributed by atoms with Gasteiger partial charge in [-0.15, -0.1) is 0 Å². The molecule has 0 aliphatic heterocycles. The first-order valence-electron chi connectivity index (χ1n) is 5.70. The Balaban J connectivity index is 2.44. The van der Waals surface area contributed by atoms with Gasteiger partial charge in [0.2, 0.25) is 0 Å². The number of aryl methyl sites for hydroxylation is 2. The first-order valence-corrected chi connectivity index (χ1v) is 6.11. The van der Waals surface area contributed by atoms with E-state index < -0.39 is 0 Å². The van der Waals surface area contributed by atoms with Crippen molar-refractivity contribution in [1.82, 2.24) is 20.4 Å². The fourth-order valence-corrected chi connectivity index (χ4v) is 1.68. The van der Waals surface area contributed by atoms with Crippen LogP contribution < -0.4 is 10.6 Å². The number of nitrogens with zero attached hydrogens (tertiary/aromatic N) is 2. The number of aromatic nitrogens is 2. The molecule has 5 heteroatoms. The number of hydrogen-bond donors (Lipinski definition) is 2. The van der Waals surface area contributed by atoms with Crippen molar-refractivity contribution < 1.29 is 0 Å². The largest absolute Gasteiger partial charge is 0.363 e. The van der Waals surface area contributed by atoms with Crippen LogP contribution in [0.25, 0.3) is 0 Å². The Labute approximate surface area is 102 Å². The highest BCUT2D eigenvalue weighted by atomic mass is 32.1. The molecule has 4 nitrogen and oxygen atoms in total. The van der Waals surface area contributed by atoms with E-state index in [1.165, 1.54) is 5.56 Å². The van der Waals surface area contributed by atoms with Gasteiger partial charge in [0.15, 0.2) is 5.11 Å². The SMILES string of the molecule is CCCNC(=S)NCc1cn(C)nc1CC. The molecule has 2 N–H and O–H groups in total. The van der Waals surface area contributed by atoms with Gasteiger partial charge in [-0.25, -0.2) is 0 Å². The molecule has 0 atom stereocenters. The molecule has 0 fully saturated rings. The number of nitrogens with one attached hydrogen (secondary N) is 2. The molecule has 90 valence electrons. The van der Waals surface area contributed by atoms with E-state index >= 15 is 0 Å². The predicted octanol–water partition coefficient (Wildman–Crippen LogP) is 1.36. The average molecular weight is 240 g/mol. The van der Waals surface area contributed by atoms with Crippen LogP contribution in [0.4, 0.5) is 0 Å². The zero-order valence-electron chi connectivity index (χ0n) is 10.2. The van der Waals surface area contributed by atoms with E-state index in [-0.39, 0.29) is 0 Å². The fraction of sp³-hybridized carbons (Fsp3) is 0.636. The lowest BCUT2D eigenvalue weighted by Gasteiger charge is -2.08. The molecular formula is C11H20N4S. The van der Waals surface area contributed by atoms with Crippen LogP contribution in [-0.4, -0.2) is 21.4 Å². The average Bonchev–Trinajstić information content (AvgIpc) is 2.64. The number of thiocarbonyl (C=S) groups is 1. The Hall–Kier alpha value is -1.10. The van der Waals surface area contributed by atoms with Crippen LogP contribution in [0.3, 0.4) is 0 Å². The zero-order chi connectivity index (χ0) is 12.0. The van der Waals surface area contributed by atoms with Crippen molar-refractivity contribution in [3.05, 3.63) is 17.5 Å². The molecule has 0 amide bonds. The highest BCUT2D eigenvalue weighted by molar-refractivity contribution is 7.80. The number of hydrogen-bond acceptors (Lipinski definition) is 2. The minimum atomic E-state index is 0.716. The van der Waals surface area contributed by atoms with Gasteiger partial charge in [-0.2, -0.15) is 5.10 Å². The highest BCUT2D eigenvalue weighted by Gasteiger charge is 2.05. The lowest BCUT2D eigenvalue weighted by atomic mass is 10.2. The summed E-state index contributed by atoms with van der Waals surface area (Å²) >= 11 is 5.16. The third-order valence-corrected chi connectivity index (χ3v) is 2.59. The van der Waals surface area contributed by atoms with Gasteiger partial charge in [-0.1, -0.05) is 13.8 Å². The molecule has 1 heterocycles. The van der Waals surface area contributed by atoms with Crippen LogP contribution in [0.1, 0.15) is 31.5 Å². The Morgan fingerprint density at radius 2 is 2.19 bits per heavy atom. The van der Waals surface area contributed by atoms with Crippen LogP contribution in [-0.2, 0) is 20.0 Å². The molecule has 1 rings (SSSR count). The van der Waals surface area contributed by atoms with Gasteiger partial charge in [0.05, 0.1) is 5.69 Å². The summed E-state index contributed by atoms with van der Waals surface area (Å²) in [6.45, 7) is 5.89. The quantitative estimate of drug-likeness (QED) is 0.763. The van der Waals surface area contributed by atoms with Crippen molar-refractivity contribution in [3.63, 3.8) is 0 Å². The van der Waals surface area contributed by atoms with E-state index in [1.807, 2.05) is 17.9 Å². The monoisotopic (exact) mass is 240 g/mol. The summed E-state index contributed by atoms with van der Waals surface area (Å²) in [7, 11) is 1.94.